The van der Waals surface area contributed by atoms with E-state index in [-0.39, 0.29) is 31.0 Å². The molecule has 0 unspecified atom stereocenters. The molecule has 0 aliphatic carbocycles. The number of carbonyl (C=O) groups excluding carboxylic acids is 1. The molecule has 4 N–H and O–H groups in total. The predicted octanol–water partition coefficient (Wildman–Crippen LogP) is 4.56. The predicted molar refractivity (Wildman–Crippen MR) is 226 cm³/mol. The smallest absolute Gasteiger partial charge is 0.404 e. The van der Waals surface area contributed by atoms with Crippen molar-refractivity contribution in [2.75, 3.05) is 27.9 Å². The van der Waals surface area contributed by atoms with Gasteiger partial charge in [0.1, 0.15) is 39.8 Å². The zero-order valence-electron chi connectivity index (χ0n) is 33.2. The summed E-state index contributed by atoms with van der Waals surface area (Å²) in [6.07, 6.45) is -2.75. The monoisotopic (exact) mass is 963 g/mol. The number of primary amides is 1. The number of ether oxygens (including phenoxy) is 4. The number of hydrogen-bond acceptors (Lipinski definition) is 13. The number of nitrogens with zero attached hydrogens (tertiary/aromatic N) is 5. The van der Waals surface area contributed by atoms with Crippen molar-refractivity contribution in [1.29, 1.82) is 0 Å². The van der Waals surface area contributed by atoms with Crippen LogP contribution in [0.5, 0.6) is 17.2 Å². The van der Waals surface area contributed by atoms with Crippen molar-refractivity contribution in [2.45, 2.75) is 62.3 Å². The molecule has 5 rings (SSSR count). The molecule has 0 saturated carbocycles. The van der Waals surface area contributed by atoms with Crippen LogP contribution in [-0.4, -0.2) is 92.6 Å². The zero-order valence-corrected chi connectivity index (χ0v) is 37.0. The second kappa shape index (κ2) is 19.0. The number of benzene rings is 4. The van der Waals surface area contributed by atoms with E-state index >= 15 is 8.42 Å². The second-order valence-corrected chi connectivity index (χ2v) is 19.1. The third kappa shape index (κ3) is 11.2. The van der Waals surface area contributed by atoms with Crippen LogP contribution in [0.25, 0.3) is 11.4 Å². The highest BCUT2D eigenvalue weighted by Crippen LogP contribution is 2.38. The van der Waals surface area contributed by atoms with Gasteiger partial charge in [-0.1, -0.05) is 57.2 Å². The molecule has 0 spiro atoms. The van der Waals surface area contributed by atoms with Gasteiger partial charge in [-0.3, -0.25) is 0 Å². The minimum absolute atomic E-state index is 0.117. The minimum Gasteiger partial charge on any atom is -0.497 e. The number of aliphatic hydroxyl groups is 1. The molecule has 0 aliphatic rings. The van der Waals surface area contributed by atoms with Crippen molar-refractivity contribution in [3.8, 4) is 28.6 Å². The van der Waals surface area contributed by atoms with Gasteiger partial charge in [0.05, 0.1) is 39.5 Å². The fourth-order valence-corrected chi connectivity index (χ4v) is 10.8. The molecular weight excluding hydrogens is 918 g/mol. The van der Waals surface area contributed by atoms with Crippen LogP contribution in [0.1, 0.15) is 37.5 Å². The van der Waals surface area contributed by atoms with Gasteiger partial charge in [-0.05, 0) is 98.4 Å². The standard InChI is InChI=1S/C39H46IN7O10S2/c1-39(2,3)36(32(48)24-57-38(41)49)44-58(50,51)33-20-19-31(40)34(37-42-45-47(43-37)23-27-11-17-30(56-6)18-12-27)35(33)59(52,53)46(21-25-7-13-28(54-4)14-8-25)22-26-9-15-29(55-5)16-10-26/h7-20,32,36,44,48H,21-24H2,1-6H3,(H2,41,49)/t32-,36-/m1/s1. The number of aliphatic hydroxyl groups excluding tert-OH is 1. The Hall–Kier alpha value is -4.87. The van der Waals surface area contributed by atoms with Crippen molar-refractivity contribution in [2.24, 2.45) is 11.1 Å². The summed E-state index contributed by atoms with van der Waals surface area (Å²) in [6, 6.07) is 22.1. The lowest BCUT2D eigenvalue weighted by Crippen LogP contribution is -2.53. The summed E-state index contributed by atoms with van der Waals surface area (Å²) in [6.45, 7) is 4.09. The number of amides is 1. The SMILES string of the molecule is COc1ccc(CN(Cc2ccc(OC)cc2)S(=O)(=O)c2c(S(=O)(=O)N[C@H]([C@H](O)COC(N)=O)C(C)(C)C)ccc(I)c2-c2nnn(Cc3ccc(OC)cc3)n2)cc1. The molecule has 1 aromatic heterocycles. The van der Waals surface area contributed by atoms with Crippen molar-refractivity contribution in [3.63, 3.8) is 0 Å². The first-order chi connectivity index (χ1) is 27.9. The van der Waals surface area contributed by atoms with Crippen molar-refractivity contribution >= 4 is 48.7 Å². The van der Waals surface area contributed by atoms with E-state index in [0.717, 1.165) is 9.87 Å². The lowest BCUT2D eigenvalue weighted by atomic mass is 9.84. The van der Waals surface area contributed by atoms with E-state index in [1.54, 1.807) is 88.5 Å². The summed E-state index contributed by atoms with van der Waals surface area (Å²) in [4.78, 5) is 11.4. The van der Waals surface area contributed by atoms with Crippen molar-refractivity contribution < 1.29 is 45.7 Å². The Bertz CT molecular complexity index is 2390. The fraction of sp³-hybridized carbons (Fsp3) is 0.333. The van der Waals surface area contributed by atoms with Gasteiger partial charge in [0, 0.05) is 16.7 Å². The summed E-state index contributed by atoms with van der Waals surface area (Å²) in [5.74, 6) is 1.60. The molecule has 0 fully saturated rings. The summed E-state index contributed by atoms with van der Waals surface area (Å²) >= 11 is 1.91. The molecule has 1 amide bonds. The van der Waals surface area contributed by atoms with Crippen LogP contribution < -0.4 is 24.7 Å². The number of rotatable bonds is 18. The van der Waals surface area contributed by atoms with E-state index in [2.05, 4.69) is 20.1 Å². The van der Waals surface area contributed by atoms with E-state index in [4.69, 9.17) is 24.7 Å². The summed E-state index contributed by atoms with van der Waals surface area (Å²) in [7, 11) is -5.12. The Morgan fingerprint density at radius 1 is 0.831 bits per heavy atom. The van der Waals surface area contributed by atoms with E-state index in [0.29, 0.717) is 31.9 Å². The number of sulfonamides is 2. The van der Waals surface area contributed by atoms with E-state index in [1.165, 1.54) is 31.1 Å². The van der Waals surface area contributed by atoms with Gasteiger partial charge in [0.25, 0.3) is 0 Å². The topological polar surface area (TPSA) is 227 Å². The maximum absolute atomic E-state index is 15.5. The van der Waals surface area contributed by atoms with Crippen molar-refractivity contribution in [1.82, 2.24) is 29.2 Å². The van der Waals surface area contributed by atoms with Crippen LogP contribution in [0.15, 0.2) is 94.7 Å². The second-order valence-electron chi connectivity index (χ2n) is 14.4. The number of methoxy groups -OCH3 is 3. The van der Waals surface area contributed by atoms with Gasteiger partial charge in [-0.15, -0.1) is 10.2 Å². The molecule has 20 heteroatoms. The normalized spacial score (nSPS) is 13.2. The fourth-order valence-electron chi connectivity index (χ4n) is 6.07. The van der Waals surface area contributed by atoms with Crippen LogP contribution >= 0.6 is 22.6 Å². The van der Waals surface area contributed by atoms with Crippen LogP contribution in [0.4, 0.5) is 4.79 Å². The molecule has 316 valence electrons. The van der Waals surface area contributed by atoms with Gasteiger partial charge in [0.2, 0.25) is 25.9 Å². The highest BCUT2D eigenvalue weighted by molar-refractivity contribution is 14.1. The van der Waals surface area contributed by atoms with Gasteiger partial charge in [-0.2, -0.15) is 9.10 Å². The molecular formula is C39H46IN7O10S2. The molecule has 5 aromatic rings. The molecule has 0 bridgehead atoms. The summed E-state index contributed by atoms with van der Waals surface area (Å²) in [5, 5.41) is 24.1. The lowest BCUT2D eigenvalue weighted by molar-refractivity contribution is 0.0253. The quantitative estimate of drug-likeness (QED) is 0.103. The number of aromatic nitrogens is 4. The minimum atomic E-state index is -4.85. The Morgan fingerprint density at radius 3 is 1.78 bits per heavy atom. The third-order valence-corrected chi connectivity index (χ3v) is 13.5. The number of nitrogens with one attached hydrogen (secondary N) is 1. The van der Waals surface area contributed by atoms with Gasteiger partial charge in [-0.25, -0.2) is 26.4 Å². The van der Waals surface area contributed by atoms with Crippen LogP contribution in [0.3, 0.4) is 0 Å². The van der Waals surface area contributed by atoms with Crippen LogP contribution in [0, 0.1) is 8.99 Å². The highest BCUT2D eigenvalue weighted by atomic mass is 127. The van der Waals surface area contributed by atoms with Gasteiger partial charge < -0.3 is 29.8 Å². The number of tetrazole rings is 1. The maximum atomic E-state index is 15.5. The van der Waals surface area contributed by atoms with E-state index in [1.807, 2.05) is 34.7 Å². The summed E-state index contributed by atoms with van der Waals surface area (Å²) in [5.41, 5.74) is 5.96. The number of carbonyl (C=O) groups is 1. The molecule has 17 nitrogen and oxygen atoms in total. The molecule has 0 saturated heterocycles. The molecule has 0 radical (unpaired) electrons. The number of halogens is 1. The Labute approximate surface area is 357 Å². The van der Waals surface area contributed by atoms with Crippen molar-refractivity contribution in [3.05, 3.63) is 105 Å². The number of hydrogen-bond donors (Lipinski definition) is 3. The summed E-state index contributed by atoms with van der Waals surface area (Å²) < 4.78 is 85.2. The first kappa shape index (κ1) is 45.2. The molecule has 1 heterocycles. The molecule has 4 aromatic carbocycles. The Balaban J connectivity index is 1.72. The average Bonchev–Trinajstić information content (AvgIpc) is 3.66. The van der Waals surface area contributed by atoms with E-state index < -0.39 is 60.1 Å². The van der Waals surface area contributed by atoms with Crippen LogP contribution in [-0.2, 0) is 44.4 Å². The lowest BCUT2D eigenvalue weighted by Gasteiger charge is -2.35. The van der Waals surface area contributed by atoms with Gasteiger partial charge >= 0.3 is 6.09 Å². The Kier molecular flexibility index (Phi) is 14.6. The molecule has 0 aliphatic heterocycles. The number of nitrogens with two attached hydrogens (primary N) is 1. The Morgan fingerprint density at radius 2 is 1.32 bits per heavy atom. The maximum Gasteiger partial charge on any atom is 0.404 e. The molecule has 2 atom stereocenters. The average molecular weight is 964 g/mol. The largest absolute Gasteiger partial charge is 0.497 e. The van der Waals surface area contributed by atoms with E-state index in [9.17, 15) is 18.3 Å². The zero-order chi connectivity index (χ0) is 43.1. The van der Waals surface area contributed by atoms with Gasteiger partial charge in [0.15, 0.2) is 0 Å². The third-order valence-electron chi connectivity index (χ3n) is 9.15. The highest BCUT2D eigenvalue weighted by Gasteiger charge is 2.41. The van der Waals surface area contributed by atoms with Crippen LogP contribution in [0.2, 0.25) is 0 Å². The first-order valence-corrected chi connectivity index (χ1v) is 22.0. The molecule has 59 heavy (non-hydrogen) atoms. The first-order valence-electron chi connectivity index (χ1n) is 18.0.